The maximum absolute atomic E-state index is 5.95. The first-order valence-corrected chi connectivity index (χ1v) is 6.55. The maximum atomic E-state index is 5.95. The van der Waals surface area contributed by atoms with Gasteiger partial charge in [-0.05, 0) is 49.9 Å². The molecular formula is C14H20ClNO. The van der Waals surface area contributed by atoms with Crippen molar-refractivity contribution >= 4 is 11.6 Å². The standard InChI is InChI=1S/C14H20ClNO/c1-11-8-13(15)5-4-12(11)9-16-14(2)6-3-7-17-10-14/h4-5,8,16H,3,6-7,9-10H2,1-2H3. The van der Waals surface area contributed by atoms with E-state index < -0.39 is 0 Å². The number of ether oxygens (including phenoxy) is 1. The average Bonchev–Trinajstić information content (AvgIpc) is 2.29. The first-order valence-electron chi connectivity index (χ1n) is 6.17. The average molecular weight is 254 g/mol. The molecule has 0 spiro atoms. The largest absolute Gasteiger partial charge is 0.380 e. The Hall–Kier alpha value is -0.570. The lowest BCUT2D eigenvalue weighted by Gasteiger charge is -2.34. The number of rotatable bonds is 3. The fourth-order valence-corrected chi connectivity index (χ4v) is 2.47. The van der Waals surface area contributed by atoms with E-state index in [1.807, 2.05) is 12.1 Å². The summed E-state index contributed by atoms with van der Waals surface area (Å²) in [5, 5.41) is 4.41. The molecule has 2 nitrogen and oxygen atoms in total. The molecule has 0 aliphatic carbocycles. The van der Waals surface area contributed by atoms with Crippen LogP contribution in [0.2, 0.25) is 5.02 Å². The second-order valence-corrected chi connectivity index (χ2v) is 5.58. The van der Waals surface area contributed by atoms with Gasteiger partial charge in [-0.25, -0.2) is 0 Å². The van der Waals surface area contributed by atoms with Gasteiger partial charge in [-0.15, -0.1) is 0 Å². The summed E-state index contributed by atoms with van der Waals surface area (Å²) in [7, 11) is 0. The van der Waals surface area contributed by atoms with Gasteiger partial charge in [-0.2, -0.15) is 0 Å². The summed E-state index contributed by atoms with van der Waals surface area (Å²) in [6, 6.07) is 6.06. The van der Waals surface area contributed by atoms with Crippen molar-refractivity contribution in [1.82, 2.24) is 5.32 Å². The molecule has 1 aromatic rings. The Kier molecular flexibility index (Phi) is 4.08. The van der Waals surface area contributed by atoms with Crippen LogP contribution in [0.15, 0.2) is 18.2 Å². The highest BCUT2D eigenvalue weighted by Crippen LogP contribution is 2.20. The molecule has 1 unspecified atom stereocenters. The second kappa shape index (κ2) is 5.38. The van der Waals surface area contributed by atoms with E-state index in [1.54, 1.807) is 0 Å². The smallest absolute Gasteiger partial charge is 0.0645 e. The first kappa shape index (κ1) is 12.9. The van der Waals surface area contributed by atoms with Gasteiger partial charge in [0, 0.05) is 23.7 Å². The molecule has 0 radical (unpaired) electrons. The lowest BCUT2D eigenvalue weighted by Crippen LogP contribution is -2.48. The number of halogens is 1. The molecule has 1 aliphatic rings. The minimum Gasteiger partial charge on any atom is -0.380 e. The van der Waals surface area contributed by atoms with Crippen LogP contribution in [-0.2, 0) is 11.3 Å². The molecule has 3 heteroatoms. The molecule has 1 atom stereocenters. The van der Waals surface area contributed by atoms with Gasteiger partial charge in [-0.3, -0.25) is 0 Å². The van der Waals surface area contributed by atoms with Crippen molar-refractivity contribution < 1.29 is 4.74 Å². The molecule has 0 aromatic heterocycles. The van der Waals surface area contributed by atoms with Crippen LogP contribution in [0, 0.1) is 6.92 Å². The molecule has 1 heterocycles. The summed E-state index contributed by atoms with van der Waals surface area (Å²) in [6.45, 7) is 6.92. The molecule has 17 heavy (non-hydrogen) atoms. The van der Waals surface area contributed by atoms with Gasteiger partial charge in [0.05, 0.1) is 6.61 Å². The highest BCUT2D eigenvalue weighted by Gasteiger charge is 2.26. The molecule has 0 bridgehead atoms. The van der Waals surface area contributed by atoms with Gasteiger partial charge in [0.25, 0.3) is 0 Å². The Labute approximate surface area is 108 Å². The molecule has 1 N–H and O–H groups in total. The highest BCUT2D eigenvalue weighted by molar-refractivity contribution is 6.30. The van der Waals surface area contributed by atoms with Crippen molar-refractivity contribution in [3.8, 4) is 0 Å². The van der Waals surface area contributed by atoms with Crippen LogP contribution >= 0.6 is 11.6 Å². The van der Waals surface area contributed by atoms with Gasteiger partial charge in [0.1, 0.15) is 0 Å². The van der Waals surface area contributed by atoms with Crippen molar-refractivity contribution in [3.05, 3.63) is 34.3 Å². The van der Waals surface area contributed by atoms with Crippen LogP contribution in [0.4, 0.5) is 0 Å². The molecule has 94 valence electrons. The predicted molar refractivity (Wildman–Crippen MR) is 71.5 cm³/mol. The monoisotopic (exact) mass is 253 g/mol. The highest BCUT2D eigenvalue weighted by atomic mass is 35.5. The van der Waals surface area contributed by atoms with Crippen LogP contribution in [0.1, 0.15) is 30.9 Å². The van der Waals surface area contributed by atoms with E-state index in [0.717, 1.165) is 31.2 Å². The molecule has 1 saturated heterocycles. The van der Waals surface area contributed by atoms with Gasteiger partial charge in [0.2, 0.25) is 0 Å². The third-order valence-electron chi connectivity index (χ3n) is 3.45. The van der Waals surface area contributed by atoms with Crippen molar-refractivity contribution in [2.24, 2.45) is 0 Å². The fourth-order valence-electron chi connectivity index (χ4n) is 2.24. The van der Waals surface area contributed by atoms with Crippen LogP contribution in [0.3, 0.4) is 0 Å². The number of hydrogen-bond donors (Lipinski definition) is 1. The van der Waals surface area contributed by atoms with Gasteiger partial charge < -0.3 is 10.1 Å². The molecule has 1 aliphatic heterocycles. The van der Waals surface area contributed by atoms with Gasteiger partial charge in [0.15, 0.2) is 0 Å². The van der Waals surface area contributed by atoms with E-state index in [0.29, 0.717) is 0 Å². The molecule has 0 saturated carbocycles. The molecule has 2 rings (SSSR count). The van der Waals surface area contributed by atoms with E-state index in [-0.39, 0.29) is 5.54 Å². The Morgan fingerprint density at radius 1 is 1.47 bits per heavy atom. The minimum absolute atomic E-state index is 0.115. The normalized spacial score (nSPS) is 24.9. The predicted octanol–water partition coefficient (Wildman–Crippen LogP) is 3.31. The van der Waals surface area contributed by atoms with Crippen LogP contribution in [0.5, 0.6) is 0 Å². The van der Waals surface area contributed by atoms with Crippen LogP contribution in [0.25, 0.3) is 0 Å². The van der Waals surface area contributed by atoms with Crippen molar-refractivity contribution in [1.29, 1.82) is 0 Å². The lowest BCUT2D eigenvalue weighted by atomic mass is 9.94. The summed E-state index contributed by atoms with van der Waals surface area (Å²) in [5.74, 6) is 0. The Bertz CT molecular complexity index is 386. The summed E-state index contributed by atoms with van der Waals surface area (Å²) >= 11 is 5.95. The Balaban J connectivity index is 1.97. The quantitative estimate of drug-likeness (QED) is 0.893. The van der Waals surface area contributed by atoms with E-state index in [4.69, 9.17) is 16.3 Å². The molecule has 1 aromatic carbocycles. The Morgan fingerprint density at radius 2 is 2.29 bits per heavy atom. The molecular weight excluding hydrogens is 234 g/mol. The lowest BCUT2D eigenvalue weighted by molar-refractivity contribution is 0.0277. The SMILES string of the molecule is Cc1cc(Cl)ccc1CNC1(C)CCCOC1. The number of aryl methyl sites for hydroxylation is 1. The summed E-state index contributed by atoms with van der Waals surface area (Å²) in [5.41, 5.74) is 2.66. The zero-order chi connectivity index (χ0) is 12.3. The van der Waals surface area contributed by atoms with Crippen LogP contribution < -0.4 is 5.32 Å². The number of benzene rings is 1. The zero-order valence-electron chi connectivity index (χ0n) is 10.6. The maximum Gasteiger partial charge on any atom is 0.0645 e. The molecule has 1 fully saturated rings. The summed E-state index contributed by atoms with van der Waals surface area (Å²) < 4.78 is 5.54. The van der Waals surface area contributed by atoms with E-state index in [9.17, 15) is 0 Å². The third kappa shape index (κ3) is 3.44. The summed E-state index contributed by atoms with van der Waals surface area (Å²) in [6.07, 6.45) is 2.32. The Morgan fingerprint density at radius 3 is 2.94 bits per heavy atom. The van der Waals surface area contributed by atoms with Crippen molar-refractivity contribution in [3.63, 3.8) is 0 Å². The molecule has 0 amide bonds. The number of nitrogens with one attached hydrogen (secondary N) is 1. The topological polar surface area (TPSA) is 21.3 Å². The van der Waals surface area contributed by atoms with E-state index in [1.165, 1.54) is 17.5 Å². The van der Waals surface area contributed by atoms with E-state index in [2.05, 4.69) is 25.2 Å². The first-order chi connectivity index (χ1) is 8.09. The van der Waals surface area contributed by atoms with E-state index >= 15 is 0 Å². The minimum atomic E-state index is 0.115. The fraction of sp³-hybridized carbons (Fsp3) is 0.571. The van der Waals surface area contributed by atoms with Gasteiger partial charge in [-0.1, -0.05) is 17.7 Å². The van der Waals surface area contributed by atoms with Crippen molar-refractivity contribution in [2.45, 2.75) is 38.8 Å². The van der Waals surface area contributed by atoms with Gasteiger partial charge >= 0.3 is 0 Å². The number of hydrogen-bond acceptors (Lipinski definition) is 2. The second-order valence-electron chi connectivity index (χ2n) is 5.14. The third-order valence-corrected chi connectivity index (χ3v) is 3.68. The van der Waals surface area contributed by atoms with Crippen LogP contribution in [-0.4, -0.2) is 18.8 Å². The van der Waals surface area contributed by atoms with Crippen molar-refractivity contribution in [2.75, 3.05) is 13.2 Å². The zero-order valence-corrected chi connectivity index (χ0v) is 11.3. The summed E-state index contributed by atoms with van der Waals surface area (Å²) in [4.78, 5) is 0.